The van der Waals surface area contributed by atoms with Crippen molar-refractivity contribution in [1.82, 2.24) is 14.9 Å². The summed E-state index contributed by atoms with van der Waals surface area (Å²) in [6, 6.07) is 9.48. The molecule has 4 heterocycles. The number of hydrogen-bond donors (Lipinski definition) is 3. The first-order chi connectivity index (χ1) is 17.5. The lowest BCUT2D eigenvalue weighted by Gasteiger charge is -2.34. The molecule has 1 aromatic carbocycles. The van der Waals surface area contributed by atoms with Crippen LogP contribution in [0.1, 0.15) is 28.8 Å². The Balaban J connectivity index is 1.34. The van der Waals surface area contributed by atoms with E-state index in [1.165, 1.54) is 12.8 Å². The van der Waals surface area contributed by atoms with E-state index < -0.39 is 11.5 Å². The number of carbonyl (C=O) groups excluding carboxylic acids is 1. The van der Waals surface area contributed by atoms with Crippen LogP contribution in [0.4, 0.5) is 28.4 Å². The minimum atomic E-state index is -0.465. The number of carbonyl (C=O) groups is 1. The number of rotatable bonds is 6. The summed E-state index contributed by atoms with van der Waals surface area (Å²) < 4.78 is 0. The van der Waals surface area contributed by atoms with Crippen LogP contribution in [0.25, 0.3) is 0 Å². The van der Waals surface area contributed by atoms with Gasteiger partial charge in [-0.15, -0.1) is 0 Å². The molecule has 0 aliphatic carbocycles. The molecule has 1 amide bonds. The molecule has 0 radical (unpaired) electrons. The quantitative estimate of drug-likeness (QED) is 0.490. The standard InChI is InChI=1S/C27H33N7O2/c1-19-23(17-28-18-24(19)34-11-3-4-12-34)31-22-9-10-29-26(35)25(22)27(36)30-20-5-7-21(8-6-20)33-15-13-32(2)14-16-33/h5-10,17-18H,3-4,11-16H2,1-2H3,(H,30,36)(H2,29,31,35). The van der Waals surface area contributed by atoms with Crippen LogP contribution in [0.5, 0.6) is 0 Å². The minimum Gasteiger partial charge on any atom is -0.370 e. The summed E-state index contributed by atoms with van der Waals surface area (Å²) >= 11 is 0. The Bertz CT molecular complexity index is 1270. The molecular weight excluding hydrogens is 454 g/mol. The van der Waals surface area contributed by atoms with Crippen molar-refractivity contribution < 1.29 is 4.79 Å². The normalized spacial score (nSPS) is 16.3. The lowest BCUT2D eigenvalue weighted by atomic mass is 10.1. The van der Waals surface area contributed by atoms with Crippen LogP contribution in [0, 0.1) is 6.92 Å². The predicted molar refractivity (Wildman–Crippen MR) is 145 cm³/mol. The molecule has 2 saturated heterocycles. The van der Waals surface area contributed by atoms with Crippen LogP contribution in [0.2, 0.25) is 0 Å². The molecule has 3 N–H and O–H groups in total. The van der Waals surface area contributed by atoms with E-state index in [1.807, 2.05) is 37.4 Å². The highest BCUT2D eigenvalue weighted by atomic mass is 16.2. The first kappa shape index (κ1) is 23.9. The molecule has 0 spiro atoms. The van der Waals surface area contributed by atoms with Crippen LogP contribution in [-0.2, 0) is 0 Å². The maximum absolute atomic E-state index is 13.2. The summed E-state index contributed by atoms with van der Waals surface area (Å²) in [5.74, 6) is -0.465. The average Bonchev–Trinajstić information content (AvgIpc) is 3.41. The number of nitrogens with zero attached hydrogens (tertiary/aromatic N) is 4. The van der Waals surface area contributed by atoms with Gasteiger partial charge in [-0.05, 0) is 62.7 Å². The van der Waals surface area contributed by atoms with Gasteiger partial charge in [-0.2, -0.15) is 0 Å². The Morgan fingerprint density at radius 1 is 0.917 bits per heavy atom. The second-order valence-electron chi connectivity index (χ2n) is 9.54. The number of likely N-dealkylation sites (N-methyl/N-ethyl adjacent to an activating group) is 1. The van der Waals surface area contributed by atoms with Crippen molar-refractivity contribution in [3.05, 3.63) is 70.4 Å². The van der Waals surface area contributed by atoms with Gasteiger partial charge >= 0.3 is 0 Å². The van der Waals surface area contributed by atoms with E-state index in [4.69, 9.17) is 0 Å². The molecule has 0 unspecified atom stereocenters. The molecule has 5 rings (SSSR count). The zero-order valence-corrected chi connectivity index (χ0v) is 20.9. The van der Waals surface area contributed by atoms with E-state index in [0.717, 1.165) is 61.9 Å². The highest BCUT2D eigenvalue weighted by Crippen LogP contribution is 2.30. The summed E-state index contributed by atoms with van der Waals surface area (Å²) in [6.45, 7) is 8.07. The summed E-state index contributed by atoms with van der Waals surface area (Å²) in [4.78, 5) is 39.9. The smallest absolute Gasteiger partial charge is 0.263 e. The Kier molecular flexibility index (Phi) is 6.90. The van der Waals surface area contributed by atoms with Gasteiger partial charge in [-0.1, -0.05) is 0 Å². The third kappa shape index (κ3) is 5.06. The Hall–Kier alpha value is -3.85. The SMILES string of the molecule is Cc1c(Nc2cc[nH]c(=O)c2C(=O)Nc2ccc(N3CCN(C)CC3)cc2)cncc1N1CCCC1. The van der Waals surface area contributed by atoms with E-state index >= 15 is 0 Å². The van der Waals surface area contributed by atoms with E-state index in [1.54, 1.807) is 18.5 Å². The van der Waals surface area contributed by atoms with Gasteiger partial charge in [0.05, 0.1) is 29.5 Å². The molecule has 9 nitrogen and oxygen atoms in total. The van der Waals surface area contributed by atoms with Gasteiger partial charge in [0.1, 0.15) is 5.56 Å². The molecule has 36 heavy (non-hydrogen) atoms. The number of aromatic amines is 1. The number of amides is 1. The number of aromatic nitrogens is 2. The Morgan fingerprint density at radius 2 is 1.64 bits per heavy atom. The van der Waals surface area contributed by atoms with E-state index in [2.05, 4.69) is 42.3 Å². The fourth-order valence-electron chi connectivity index (χ4n) is 4.88. The molecule has 0 saturated carbocycles. The summed E-state index contributed by atoms with van der Waals surface area (Å²) in [6.07, 6.45) is 7.49. The fourth-order valence-corrected chi connectivity index (χ4v) is 4.88. The van der Waals surface area contributed by atoms with Gasteiger partial charge in [-0.3, -0.25) is 14.6 Å². The molecule has 0 atom stereocenters. The van der Waals surface area contributed by atoms with Crippen LogP contribution < -0.4 is 26.0 Å². The number of benzene rings is 1. The molecule has 2 aliphatic heterocycles. The average molecular weight is 488 g/mol. The van der Waals surface area contributed by atoms with Gasteiger partial charge in [-0.25, -0.2) is 0 Å². The topological polar surface area (TPSA) is 96.6 Å². The van der Waals surface area contributed by atoms with Crippen LogP contribution in [0.15, 0.2) is 53.7 Å². The first-order valence-corrected chi connectivity index (χ1v) is 12.5. The number of anilines is 5. The molecule has 2 aliphatic rings. The molecular formula is C27H33N7O2. The van der Waals surface area contributed by atoms with Crippen molar-refractivity contribution in [2.24, 2.45) is 0 Å². The van der Waals surface area contributed by atoms with Gasteiger partial charge in [0.15, 0.2) is 0 Å². The number of piperazine rings is 1. The summed E-state index contributed by atoms with van der Waals surface area (Å²) in [7, 11) is 2.13. The second-order valence-corrected chi connectivity index (χ2v) is 9.54. The van der Waals surface area contributed by atoms with Crippen molar-refractivity contribution >= 4 is 34.3 Å². The fraction of sp³-hybridized carbons (Fsp3) is 0.370. The van der Waals surface area contributed by atoms with Gasteiger partial charge in [0, 0.05) is 56.8 Å². The number of nitrogens with one attached hydrogen (secondary N) is 3. The Labute approximate surface area is 211 Å². The van der Waals surface area contributed by atoms with Gasteiger partial charge in [0.25, 0.3) is 11.5 Å². The summed E-state index contributed by atoms with van der Waals surface area (Å²) in [5.41, 5.74) is 4.68. The number of hydrogen-bond acceptors (Lipinski definition) is 7. The number of pyridine rings is 2. The van der Waals surface area contributed by atoms with Crippen LogP contribution in [-0.4, -0.2) is 67.1 Å². The minimum absolute atomic E-state index is 0.0339. The van der Waals surface area contributed by atoms with Crippen LogP contribution >= 0.6 is 0 Å². The van der Waals surface area contributed by atoms with Gasteiger partial charge in [0.2, 0.25) is 0 Å². The third-order valence-electron chi connectivity index (χ3n) is 7.09. The Morgan fingerprint density at radius 3 is 2.36 bits per heavy atom. The van der Waals surface area contributed by atoms with Crippen molar-refractivity contribution in [1.29, 1.82) is 0 Å². The molecule has 2 aromatic heterocycles. The zero-order chi connectivity index (χ0) is 25.1. The monoisotopic (exact) mass is 487 g/mol. The second kappa shape index (κ2) is 10.4. The van der Waals surface area contributed by atoms with Crippen LogP contribution in [0.3, 0.4) is 0 Å². The molecule has 3 aromatic rings. The molecule has 9 heteroatoms. The van der Waals surface area contributed by atoms with Crippen molar-refractivity contribution in [3.63, 3.8) is 0 Å². The van der Waals surface area contributed by atoms with E-state index in [9.17, 15) is 9.59 Å². The highest BCUT2D eigenvalue weighted by molar-refractivity contribution is 6.08. The van der Waals surface area contributed by atoms with E-state index in [0.29, 0.717) is 11.4 Å². The summed E-state index contributed by atoms with van der Waals surface area (Å²) in [5, 5.41) is 6.17. The highest BCUT2D eigenvalue weighted by Gasteiger charge is 2.20. The third-order valence-corrected chi connectivity index (χ3v) is 7.09. The molecule has 2 fully saturated rings. The zero-order valence-electron chi connectivity index (χ0n) is 20.9. The lowest BCUT2D eigenvalue weighted by Crippen LogP contribution is -2.44. The predicted octanol–water partition coefficient (Wildman–Crippen LogP) is 3.43. The largest absolute Gasteiger partial charge is 0.370 e. The number of H-pyrrole nitrogens is 1. The van der Waals surface area contributed by atoms with Crippen molar-refractivity contribution in [3.8, 4) is 0 Å². The lowest BCUT2D eigenvalue weighted by molar-refractivity contribution is 0.102. The maximum atomic E-state index is 13.2. The molecule has 0 bridgehead atoms. The van der Waals surface area contributed by atoms with Crippen molar-refractivity contribution in [2.45, 2.75) is 19.8 Å². The van der Waals surface area contributed by atoms with Crippen molar-refractivity contribution in [2.75, 3.05) is 66.7 Å². The van der Waals surface area contributed by atoms with Gasteiger partial charge < -0.3 is 30.3 Å². The maximum Gasteiger partial charge on any atom is 0.263 e. The first-order valence-electron chi connectivity index (χ1n) is 12.5. The van der Waals surface area contributed by atoms with E-state index in [-0.39, 0.29) is 5.56 Å². The molecule has 188 valence electrons.